The highest BCUT2D eigenvalue weighted by Gasteiger charge is 2.19. The van der Waals surface area contributed by atoms with Crippen molar-refractivity contribution >= 4 is 50.6 Å². The molecule has 0 aliphatic rings. The maximum absolute atomic E-state index is 12.6. The number of benzene rings is 2. The average molecular weight is 402 g/mol. The van der Waals surface area contributed by atoms with E-state index in [4.69, 9.17) is 0 Å². The fourth-order valence-corrected chi connectivity index (χ4v) is 5.11. The van der Waals surface area contributed by atoms with Crippen molar-refractivity contribution in [3.8, 4) is 0 Å². The summed E-state index contributed by atoms with van der Waals surface area (Å²) in [6, 6.07) is 8.68. The van der Waals surface area contributed by atoms with Crippen molar-refractivity contribution < 1.29 is 9.72 Å². The minimum atomic E-state index is -0.422. The van der Waals surface area contributed by atoms with E-state index in [0.29, 0.717) is 9.86 Å². The van der Waals surface area contributed by atoms with Gasteiger partial charge in [0.15, 0.2) is 4.34 Å². The molecule has 1 heterocycles. The molecule has 0 saturated carbocycles. The maximum Gasteiger partial charge on any atom is 0.270 e. The molecule has 1 amide bonds. The first-order chi connectivity index (χ1) is 12.7. The first kappa shape index (κ1) is 19.3. The molecule has 6 nitrogen and oxygen atoms in total. The van der Waals surface area contributed by atoms with Crippen LogP contribution in [-0.4, -0.2) is 21.1 Å². The topological polar surface area (TPSA) is 85.1 Å². The summed E-state index contributed by atoms with van der Waals surface area (Å²) >= 11 is 2.71. The zero-order valence-electron chi connectivity index (χ0n) is 15.4. The van der Waals surface area contributed by atoms with Crippen LogP contribution in [0.4, 0.5) is 11.4 Å². The molecule has 0 unspecified atom stereocenters. The molecule has 0 fully saturated rings. The van der Waals surface area contributed by atoms with Crippen LogP contribution in [0.15, 0.2) is 34.7 Å². The molecule has 140 valence electrons. The van der Waals surface area contributed by atoms with Crippen molar-refractivity contribution in [2.24, 2.45) is 0 Å². The Morgan fingerprint density at radius 3 is 2.52 bits per heavy atom. The molecule has 0 radical (unpaired) electrons. The van der Waals surface area contributed by atoms with Gasteiger partial charge in [-0.1, -0.05) is 29.5 Å². The van der Waals surface area contributed by atoms with Crippen LogP contribution >= 0.6 is 23.1 Å². The molecular formula is C19H19N3O3S2. The van der Waals surface area contributed by atoms with Gasteiger partial charge in [0.1, 0.15) is 0 Å². The molecule has 8 heteroatoms. The summed E-state index contributed by atoms with van der Waals surface area (Å²) in [5, 5.41) is 13.6. The Labute approximate surface area is 165 Å². The molecule has 1 aromatic heterocycles. The summed E-state index contributed by atoms with van der Waals surface area (Å²) in [7, 11) is 0. The number of nitrogens with zero attached hydrogens (tertiary/aromatic N) is 2. The number of nitrogens with one attached hydrogen (secondary N) is 1. The molecule has 2 aromatic carbocycles. The van der Waals surface area contributed by atoms with E-state index in [0.717, 1.165) is 27.1 Å². The quantitative estimate of drug-likeness (QED) is 0.358. The summed E-state index contributed by atoms with van der Waals surface area (Å²) < 4.78 is 1.45. The first-order valence-corrected chi connectivity index (χ1v) is 10.0. The van der Waals surface area contributed by atoms with Crippen molar-refractivity contribution in [1.29, 1.82) is 0 Å². The number of aromatic nitrogens is 1. The van der Waals surface area contributed by atoms with E-state index in [9.17, 15) is 14.9 Å². The molecule has 0 spiro atoms. The average Bonchev–Trinajstić information content (AvgIpc) is 2.98. The van der Waals surface area contributed by atoms with Gasteiger partial charge < -0.3 is 5.32 Å². The van der Waals surface area contributed by atoms with Gasteiger partial charge in [0.2, 0.25) is 5.91 Å². The Morgan fingerprint density at radius 1 is 1.22 bits per heavy atom. The molecule has 0 bridgehead atoms. The van der Waals surface area contributed by atoms with Crippen LogP contribution in [0, 0.1) is 30.9 Å². The Morgan fingerprint density at radius 2 is 1.89 bits per heavy atom. The van der Waals surface area contributed by atoms with Crippen molar-refractivity contribution in [3.63, 3.8) is 0 Å². The van der Waals surface area contributed by atoms with Gasteiger partial charge in [0.25, 0.3) is 5.69 Å². The Kier molecular flexibility index (Phi) is 5.48. The number of nitro groups is 1. The standard InChI is InChI=1S/C19H19N3O3S2/c1-10-7-11(2)17(12(3)8-10)21-18(23)13(4)26-19-20-15-6-5-14(22(24)25)9-16(15)27-19/h5-9,13H,1-4H3,(H,21,23)/t13-/m0/s1. The van der Waals surface area contributed by atoms with E-state index in [1.54, 1.807) is 6.07 Å². The van der Waals surface area contributed by atoms with Gasteiger partial charge in [-0.2, -0.15) is 0 Å². The fourth-order valence-electron chi connectivity index (χ4n) is 2.86. The zero-order chi connectivity index (χ0) is 19.7. The lowest BCUT2D eigenvalue weighted by Crippen LogP contribution is -2.23. The van der Waals surface area contributed by atoms with Crippen LogP contribution in [0.3, 0.4) is 0 Å². The van der Waals surface area contributed by atoms with E-state index < -0.39 is 4.92 Å². The minimum absolute atomic E-state index is 0.0406. The highest BCUT2D eigenvalue weighted by molar-refractivity contribution is 8.02. The van der Waals surface area contributed by atoms with Crippen LogP contribution < -0.4 is 5.32 Å². The van der Waals surface area contributed by atoms with E-state index in [-0.39, 0.29) is 16.8 Å². The smallest absolute Gasteiger partial charge is 0.270 e. The van der Waals surface area contributed by atoms with Crippen LogP contribution in [0.5, 0.6) is 0 Å². The van der Waals surface area contributed by atoms with E-state index in [1.807, 2.05) is 39.8 Å². The van der Waals surface area contributed by atoms with Crippen LogP contribution in [-0.2, 0) is 4.79 Å². The number of thioether (sulfide) groups is 1. The number of aryl methyl sites for hydroxylation is 3. The number of hydrogen-bond acceptors (Lipinski definition) is 6. The lowest BCUT2D eigenvalue weighted by atomic mass is 10.1. The number of carbonyl (C=O) groups is 1. The highest BCUT2D eigenvalue weighted by Crippen LogP contribution is 2.34. The fraction of sp³-hybridized carbons (Fsp3) is 0.263. The Balaban J connectivity index is 1.75. The number of carbonyl (C=O) groups excluding carboxylic acids is 1. The predicted octanol–water partition coefficient (Wildman–Crippen LogP) is 5.25. The number of hydrogen-bond donors (Lipinski definition) is 1. The van der Waals surface area contributed by atoms with Gasteiger partial charge in [-0.25, -0.2) is 4.98 Å². The highest BCUT2D eigenvalue weighted by atomic mass is 32.2. The second-order valence-corrected chi connectivity index (χ2v) is 9.03. The predicted molar refractivity (Wildman–Crippen MR) is 111 cm³/mol. The van der Waals surface area contributed by atoms with Crippen LogP contribution in [0.1, 0.15) is 23.6 Å². The molecule has 0 saturated heterocycles. The molecule has 1 N–H and O–H groups in total. The number of non-ortho nitro benzene ring substituents is 1. The molecule has 3 aromatic rings. The van der Waals surface area contributed by atoms with Crippen molar-refractivity contribution in [1.82, 2.24) is 4.98 Å². The van der Waals surface area contributed by atoms with Gasteiger partial charge in [0.05, 0.1) is 20.4 Å². The number of amides is 1. The third-order valence-corrected chi connectivity index (χ3v) is 6.35. The van der Waals surface area contributed by atoms with E-state index >= 15 is 0 Å². The number of anilines is 1. The lowest BCUT2D eigenvalue weighted by Gasteiger charge is -2.15. The number of rotatable bonds is 5. The van der Waals surface area contributed by atoms with Crippen LogP contribution in [0.2, 0.25) is 0 Å². The Hall–Kier alpha value is -2.45. The normalized spacial score (nSPS) is 12.1. The third-order valence-electron chi connectivity index (χ3n) is 4.14. The first-order valence-electron chi connectivity index (χ1n) is 8.35. The molecule has 27 heavy (non-hydrogen) atoms. The number of nitro benzene ring substituents is 1. The largest absolute Gasteiger partial charge is 0.325 e. The number of thiazole rings is 1. The summed E-state index contributed by atoms with van der Waals surface area (Å²) in [5.41, 5.74) is 4.81. The van der Waals surface area contributed by atoms with Crippen molar-refractivity contribution in [3.05, 3.63) is 57.1 Å². The van der Waals surface area contributed by atoms with Gasteiger partial charge >= 0.3 is 0 Å². The van der Waals surface area contributed by atoms with Crippen LogP contribution in [0.25, 0.3) is 10.2 Å². The van der Waals surface area contributed by atoms with Gasteiger partial charge in [-0.15, -0.1) is 11.3 Å². The molecule has 0 aliphatic carbocycles. The number of fused-ring (bicyclic) bond motifs is 1. The molecule has 3 rings (SSSR count). The van der Waals surface area contributed by atoms with Gasteiger partial charge in [-0.3, -0.25) is 14.9 Å². The van der Waals surface area contributed by atoms with E-state index in [1.165, 1.54) is 35.2 Å². The minimum Gasteiger partial charge on any atom is -0.325 e. The van der Waals surface area contributed by atoms with Gasteiger partial charge in [-0.05, 0) is 44.9 Å². The molecule has 0 aliphatic heterocycles. The summed E-state index contributed by atoms with van der Waals surface area (Å²) in [6.45, 7) is 7.82. The molecular weight excluding hydrogens is 382 g/mol. The second kappa shape index (κ2) is 7.66. The van der Waals surface area contributed by atoms with Crippen molar-refractivity contribution in [2.75, 3.05) is 5.32 Å². The van der Waals surface area contributed by atoms with Gasteiger partial charge in [0, 0.05) is 17.8 Å². The maximum atomic E-state index is 12.6. The summed E-state index contributed by atoms with van der Waals surface area (Å²) in [4.78, 5) is 27.6. The molecule has 1 atom stereocenters. The SMILES string of the molecule is Cc1cc(C)c(NC(=O)[C@H](C)Sc2nc3ccc([N+](=O)[O-])cc3s2)c(C)c1. The van der Waals surface area contributed by atoms with Crippen molar-refractivity contribution in [2.45, 2.75) is 37.3 Å². The zero-order valence-corrected chi connectivity index (χ0v) is 17.0. The monoisotopic (exact) mass is 401 g/mol. The third kappa shape index (κ3) is 4.28. The second-order valence-electron chi connectivity index (χ2n) is 6.41. The summed E-state index contributed by atoms with van der Waals surface area (Å²) in [6.07, 6.45) is 0. The van der Waals surface area contributed by atoms with E-state index in [2.05, 4.69) is 10.3 Å². The Bertz CT molecular complexity index is 1020. The lowest BCUT2D eigenvalue weighted by molar-refractivity contribution is -0.384. The summed E-state index contributed by atoms with van der Waals surface area (Å²) in [5.74, 6) is -0.0970.